The van der Waals surface area contributed by atoms with Gasteiger partial charge in [-0.3, -0.25) is 9.69 Å². The number of aliphatic carboxylic acids is 1. The normalized spacial score (nSPS) is 28.0. The van der Waals surface area contributed by atoms with Crippen LogP contribution in [0.5, 0.6) is 5.75 Å². The van der Waals surface area contributed by atoms with E-state index in [1.54, 1.807) is 13.8 Å². The first-order valence-corrected chi connectivity index (χ1v) is 15.3. The summed E-state index contributed by atoms with van der Waals surface area (Å²) in [4.78, 5) is 13.7. The molecule has 3 heterocycles. The number of nitrogens with zero attached hydrogens (tertiary/aromatic N) is 1. The monoisotopic (exact) mass is 625 g/mol. The molecule has 5 unspecified atom stereocenters. The molecule has 2 saturated heterocycles. The van der Waals surface area contributed by atoms with E-state index in [-0.39, 0.29) is 35.3 Å². The topological polar surface area (TPSA) is 59.0 Å². The first kappa shape index (κ1) is 31.2. The van der Waals surface area contributed by atoms with E-state index >= 15 is 0 Å². The zero-order valence-electron chi connectivity index (χ0n) is 24.6. The van der Waals surface area contributed by atoms with Crippen molar-refractivity contribution in [3.8, 4) is 5.75 Å². The van der Waals surface area contributed by atoms with Crippen molar-refractivity contribution in [2.24, 2.45) is 29.6 Å². The molecule has 0 amide bonds. The number of aryl methyl sites for hydroxylation is 1. The number of carboxylic acids is 1. The first-order chi connectivity index (χ1) is 20.7. The Kier molecular flexibility index (Phi) is 8.18. The van der Waals surface area contributed by atoms with Gasteiger partial charge in [0.05, 0.1) is 30.3 Å². The van der Waals surface area contributed by atoms with Gasteiger partial charge in [0.2, 0.25) is 0 Å². The van der Waals surface area contributed by atoms with Crippen LogP contribution in [0.1, 0.15) is 72.9 Å². The number of halogens is 6. The van der Waals surface area contributed by atoms with E-state index in [1.165, 1.54) is 0 Å². The van der Waals surface area contributed by atoms with Crippen LogP contribution in [0, 0.1) is 29.6 Å². The quantitative estimate of drug-likeness (QED) is 0.322. The number of rotatable bonds is 7. The molecule has 0 aromatic heterocycles. The van der Waals surface area contributed by atoms with Gasteiger partial charge < -0.3 is 14.6 Å². The molecule has 11 heteroatoms. The third-order valence-corrected chi connectivity index (χ3v) is 10.3. The Morgan fingerprint density at radius 1 is 0.932 bits per heavy atom. The van der Waals surface area contributed by atoms with Crippen molar-refractivity contribution < 1.29 is 45.7 Å². The number of piperidine rings is 1. The Morgan fingerprint density at radius 3 is 2.20 bits per heavy atom. The van der Waals surface area contributed by atoms with E-state index in [1.807, 2.05) is 23.1 Å². The molecule has 6 rings (SSSR count). The number of hydrogen-bond acceptors (Lipinski definition) is 4. The van der Waals surface area contributed by atoms with E-state index in [0.29, 0.717) is 50.4 Å². The summed E-state index contributed by atoms with van der Waals surface area (Å²) in [5, 5.41) is 9.72. The SMILES string of the molecule is CC(C(=O)O)C(c1ccc2c(c1)OC(C1[C@@H]3COC[C@H]1CN(C(C)c1cc(C(F)(F)F)ccc1C(F)(F)F)C3)CC2)C1CC1. The number of ether oxygens (including phenoxy) is 2. The first-order valence-electron chi connectivity index (χ1n) is 15.3. The number of carboxylic acid groups (broad SMARTS) is 1. The lowest BCUT2D eigenvalue weighted by Crippen LogP contribution is -2.57. The van der Waals surface area contributed by atoms with E-state index < -0.39 is 41.4 Å². The third-order valence-electron chi connectivity index (χ3n) is 10.3. The molecule has 1 aliphatic carbocycles. The number of alkyl halides is 6. The summed E-state index contributed by atoms with van der Waals surface area (Å²) in [6.45, 7) is 4.84. The standard InChI is InChI=1S/C33H37F6NO4/c1-17(31(41)42)29(20-4-5-20)21-6-3-19-7-10-27(44-28(19)11-21)30-22-13-40(14-23(30)16-43-15-22)18(2)25-12-24(32(34,35)36)8-9-26(25)33(37,38)39/h3,6,8-9,11-12,17-18,20,22-23,27,29-30H,4-5,7,10,13-16H2,1-2H3,(H,41,42)/t17?,18?,22-,23+,27?,29?,30?. The minimum absolute atomic E-state index is 0.0638. The van der Waals surface area contributed by atoms with Crippen molar-refractivity contribution in [2.45, 2.75) is 69.9 Å². The van der Waals surface area contributed by atoms with Crippen molar-refractivity contribution in [3.05, 3.63) is 64.2 Å². The average molecular weight is 626 g/mol. The van der Waals surface area contributed by atoms with Gasteiger partial charge in [-0.1, -0.05) is 19.1 Å². The van der Waals surface area contributed by atoms with Crippen molar-refractivity contribution in [1.29, 1.82) is 0 Å². The van der Waals surface area contributed by atoms with Gasteiger partial charge in [0.15, 0.2) is 0 Å². The summed E-state index contributed by atoms with van der Waals surface area (Å²) in [6, 6.07) is 6.85. The van der Waals surface area contributed by atoms with Crippen LogP contribution in [0.3, 0.4) is 0 Å². The lowest BCUT2D eigenvalue weighted by Gasteiger charge is -2.51. The van der Waals surface area contributed by atoms with Crippen LogP contribution in [0.4, 0.5) is 26.3 Å². The van der Waals surface area contributed by atoms with Gasteiger partial charge >= 0.3 is 18.3 Å². The molecule has 3 fully saturated rings. The van der Waals surface area contributed by atoms with Gasteiger partial charge in [-0.2, -0.15) is 26.3 Å². The Balaban J connectivity index is 1.22. The molecule has 0 spiro atoms. The molecule has 3 aliphatic heterocycles. The fourth-order valence-electron chi connectivity index (χ4n) is 7.93. The molecular formula is C33H37F6NO4. The number of likely N-dealkylation sites (tertiary alicyclic amines) is 1. The van der Waals surface area contributed by atoms with Crippen LogP contribution in [-0.4, -0.2) is 48.4 Å². The van der Waals surface area contributed by atoms with Gasteiger partial charge in [-0.15, -0.1) is 0 Å². The van der Waals surface area contributed by atoms with Crippen LogP contribution >= 0.6 is 0 Å². The summed E-state index contributed by atoms with van der Waals surface area (Å²) in [6.07, 6.45) is -6.11. The van der Waals surface area contributed by atoms with Crippen LogP contribution in [0.25, 0.3) is 0 Å². The molecule has 1 N–H and O–H groups in total. The van der Waals surface area contributed by atoms with Crippen LogP contribution in [0.15, 0.2) is 36.4 Å². The maximum absolute atomic E-state index is 13.9. The second-order valence-corrected chi connectivity index (χ2v) is 13.1. The smallest absolute Gasteiger partial charge is 0.416 e. The maximum atomic E-state index is 13.9. The zero-order chi connectivity index (χ0) is 31.6. The highest BCUT2D eigenvalue weighted by Crippen LogP contribution is 2.49. The minimum Gasteiger partial charge on any atom is -0.490 e. The number of benzene rings is 2. The molecule has 1 saturated carbocycles. The summed E-state index contributed by atoms with van der Waals surface area (Å²) < 4.78 is 94.7. The van der Waals surface area contributed by atoms with Crippen molar-refractivity contribution in [1.82, 2.24) is 4.90 Å². The molecule has 2 aromatic rings. The number of fused-ring (bicyclic) bond motifs is 3. The average Bonchev–Trinajstić information content (AvgIpc) is 3.79. The van der Waals surface area contributed by atoms with Crippen molar-refractivity contribution in [3.63, 3.8) is 0 Å². The van der Waals surface area contributed by atoms with Crippen LogP contribution in [0.2, 0.25) is 0 Å². The van der Waals surface area contributed by atoms with Gasteiger partial charge in [0, 0.05) is 36.9 Å². The molecular weight excluding hydrogens is 588 g/mol. The number of carbonyl (C=O) groups is 1. The van der Waals surface area contributed by atoms with Crippen molar-refractivity contribution in [2.75, 3.05) is 26.3 Å². The van der Waals surface area contributed by atoms with Gasteiger partial charge in [-0.05, 0) is 85.4 Å². The maximum Gasteiger partial charge on any atom is 0.416 e. The zero-order valence-corrected chi connectivity index (χ0v) is 24.6. The van der Waals surface area contributed by atoms with Gasteiger partial charge in [-0.25, -0.2) is 0 Å². The van der Waals surface area contributed by atoms with E-state index in [4.69, 9.17) is 9.47 Å². The summed E-state index contributed by atoms with van der Waals surface area (Å²) in [5.74, 6) is -0.373. The fourth-order valence-corrected chi connectivity index (χ4v) is 7.93. The molecule has 7 atom stereocenters. The molecule has 5 nitrogen and oxygen atoms in total. The van der Waals surface area contributed by atoms with Gasteiger partial charge in [0.25, 0.3) is 0 Å². The minimum atomic E-state index is -4.78. The van der Waals surface area contributed by atoms with E-state index in [9.17, 15) is 36.2 Å². The largest absolute Gasteiger partial charge is 0.490 e. The highest BCUT2D eigenvalue weighted by atomic mass is 19.4. The molecule has 2 aromatic carbocycles. The van der Waals surface area contributed by atoms with E-state index in [0.717, 1.165) is 42.6 Å². The molecule has 2 bridgehead atoms. The Labute approximate surface area is 252 Å². The molecule has 4 aliphatic rings. The predicted molar refractivity (Wildman–Crippen MR) is 149 cm³/mol. The molecule has 44 heavy (non-hydrogen) atoms. The summed E-state index contributed by atoms with van der Waals surface area (Å²) >= 11 is 0. The highest BCUT2D eigenvalue weighted by Gasteiger charge is 2.48. The van der Waals surface area contributed by atoms with Crippen LogP contribution in [-0.2, 0) is 28.3 Å². The van der Waals surface area contributed by atoms with Gasteiger partial charge in [0.1, 0.15) is 11.9 Å². The second kappa shape index (κ2) is 11.5. The molecule has 0 radical (unpaired) electrons. The predicted octanol–water partition coefficient (Wildman–Crippen LogP) is 7.59. The van der Waals surface area contributed by atoms with E-state index in [2.05, 4.69) is 0 Å². The highest BCUT2D eigenvalue weighted by molar-refractivity contribution is 5.71. The Bertz CT molecular complexity index is 1380. The third kappa shape index (κ3) is 6.06. The molecule has 240 valence electrons. The van der Waals surface area contributed by atoms with Crippen LogP contribution < -0.4 is 4.74 Å². The lowest BCUT2D eigenvalue weighted by atomic mass is 9.71. The summed E-state index contributed by atoms with van der Waals surface area (Å²) in [7, 11) is 0. The Morgan fingerprint density at radius 2 is 1.61 bits per heavy atom. The van der Waals surface area contributed by atoms with Crippen molar-refractivity contribution >= 4 is 5.97 Å². The number of hydrogen-bond donors (Lipinski definition) is 1. The fraction of sp³-hybridized carbons (Fsp3) is 0.606. The Hall–Kier alpha value is -2.79. The summed E-state index contributed by atoms with van der Waals surface area (Å²) in [5.41, 5.74) is -0.483. The lowest BCUT2D eigenvalue weighted by molar-refractivity contribution is -0.143. The second-order valence-electron chi connectivity index (χ2n) is 13.1.